The normalized spacial score (nSPS) is 14.8. The summed E-state index contributed by atoms with van der Waals surface area (Å²) in [6.45, 7) is 3.82. The van der Waals surface area contributed by atoms with Crippen molar-refractivity contribution in [2.24, 2.45) is 0 Å². The highest BCUT2D eigenvalue weighted by atomic mass is 16.6. The van der Waals surface area contributed by atoms with Crippen LogP contribution in [0.3, 0.4) is 0 Å². The Balaban J connectivity index is 1.37. The van der Waals surface area contributed by atoms with E-state index in [1.165, 1.54) is 0 Å². The van der Waals surface area contributed by atoms with Gasteiger partial charge < -0.3 is 9.64 Å². The topological polar surface area (TPSA) is 49.9 Å². The molecule has 1 heterocycles. The highest BCUT2D eigenvalue weighted by Gasteiger charge is 2.22. The average Bonchev–Trinajstić information content (AvgIpc) is 2.72. The zero-order valence-corrected chi connectivity index (χ0v) is 14.8. The minimum atomic E-state index is -0.270. The third-order valence-electron chi connectivity index (χ3n) is 4.59. The van der Waals surface area contributed by atoms with Gasteiger partial charge in [0.05, 0.1) is 0 Å². The molecular formula is C21H24N2O3. The number of nitrogens with zero attached hydrogens (tertiary/aromatic N) is 2. The van der Waals surface area contributed by atoms with Crippen LogP contribution in [0, 0.1) is 0 Å². The Morgan fingerprint density at radius 3 is 2.12 bits per heavy atom. The molecule has 0 radical (unpaired) electrons. The first-order valence-corrected chi connectivity index (χ1v) is 8.98. The van der Waals surface area contributed by atoms with Crippen molar-refractivity contribution in [1.82, 2.24) is 9.80 Å². The highest BCUT2D eigenvalue weighted by molar-refractivity contribution is 5.96. The quantitative estimate of drug-likeness (QED) is 0.749. The van der Waals surface area contributed by atoms with Gasteiger partial charge in [0.2, 0.25) is 0 Å². The number of hydrogen-bond acceptors (Lipinski definition) is 4. The van der Waals surface area contributed by atoms with Gasteiger partial charge in [0.25, 0.3) is 0 Å². The number of hydrogen-bond donors (Lipinski definition) is 0. The third kappa shape index (κ3) is 5.17. The molecule has 136 valence electrons. The number of carbonyl (C=O) groups is 2. The molecule has 2 aromatic rings. The molecule has 2 aromatic carbocycles. The molecule has 0 bridgehead atoms. The Hall–Kier alpha value is -2.66. The summed E-state index contributed by atoms with van der Waals surface area (Å²) in [5.41, 5.74) is 1.74. The molecule has 1 saturated heterocycles. The van der Waals surface area contributed by atoms with Crippen LogP contribution in [0.4, 0.5) is 4.79 Å². The summed E-state index contributed by atoms with van der Waals surface area (Å²) in [6, 6.07) is 19.0. The molecule has 1 aliphatic heterocycles. The van der Waals surface area contributed by atoms with E-state index in [1.807, 2.05) is 60.7 Å². The molecule has 0 unspecified atom stereocenters. The van der Waals surface area contributed by atoms with Crippen LogP contribution in [0.5, 0.6) is 0 Å². The largest absolute Gasteiger partial charge is 0.445 e. The molecule has 1 amide bonds. The van der Waals surface area contributed by atoms with Crippen LogP contribution in [0.2, 0.25) is 0 Å². The smallest absolute Gasteiger partial charge is 0.410 e. The van der Waals surface area contributed by atoms with Gasteiger partial charge in [0.15, 0.2) is 5.78 Å². The third-order valence-corrected chi connectivity index (χ3v) is 4.59. The molecule has 1 fully saturated rings. The van der Waals surface area contributed by atoms with Crippen LogP contribution < -0.4 is 0 Å². The van der Waals surface area contributed by atoms with Gasteiger partial charge in [-0.1, -0.05) is 60.7 Å². The lowest BCUT2D eigenvalue weighted by atomic mass is 10.1. The second kappa shape index (κ2) is 9.15. The van der Waals surface area contributed by atoms with Crippen molar-refractivity contribution in [2.75, 3.05) is 32.7 Å². The standard InChI is InChI=1S/C21H24N2O3/c24-20(19-9-5-2-6-10-19)11-12-22-13-15-23(16-14-22)21(25)26-17-18-7-3-1-4-8-18/h1-10H,11-17H2. The molecule has 0 saturated carbocycles. The van der Waals surface area contributed by atoms with E-state index < -0.39 is 0 Å². The van der Waals surface area contributed by atoms with Crippen LogP contribution >= 0.6 is 0 Å². The fourth-order valence-electron chi connectivity index (χ4n) is 2.99. The van der Waals surface area contributed by atoms with Gasteiger partial charge in [-0.2, -0.15) is 0 Å². The molecule has 26 heavy (non-hydrogen) atoms. The average molecular weight is 352 g/mol. The van der Waals surface area contributed by atoms with Crippen LogP contribution in [0.15, 0.2) is 60.7 Å². The van der Waals surface area contributed by atoms with Crippen molar-refractivity contribution in [1.29, 1.82) is 0 Å². The number of ether oxygens (including phenoxy) is 1. The van der Waals surface area contributed by atoms with Crippen LogP contribution in [-0.4, -0.2) is 54.4 Å². The van der Waals surface area contributed by atoms with E-state index in [0.29, 0.717) is 26.1 Å². The Kier molecular flexibility index (Phi) is 6.39. The van der Waals surface area contributed by atoms with E-state index in [4.69, 9.17) is 4.74 Å². The predicted octanol–water partition coefficient (Wildman–Crippen LogP) is 3.21. The van der Waals surface area contributed by atoms with Gasteiger partial charge in [-0.25, -0.2) is 4.79 Å². The Morgan fingerprint density at radius 1 is 0.846 bits per heavy atom. The van der Waals surface area contributed by atoms with Crippen molar-refractivity contribution in [3.05, 3.63) is 71.8 Å². The maximum atomic E-state index is 12.2. The Bertz CT molecular complexity index is 711. The molecule has 0 N–H and O–H groups in total. The van der Waals surface area contributed by atoms with Crippen LogP contribution in [-0.2, 0) is 11.3 Å². The summed E-state index contributed by atoms with van der Waals surface area (Å²) in [5, 5.41) is 0. The van der Waals surface area contributed by atoms with Crippen LogP contribution in [0.1, 0.15) is 22.3 Å². The van der Waals surface area contributed by atoms with E-state index in [-0.39, 0.29) is 11.9 Å². The minimum absolute atomic E-state index is 0.162. The monoisotopic (exact) mass is 352 g/mol. The maximum absolute atomic E-state index is 12.2. The van der Waals surface area contributed by atoms with Gasteiger partial charge in [0, 0.05) is 44.7 Å². The zero-order chi connectivity index (χ0) is 18.2. The zero-order valence-electron chi connectivity index (χ0n) is 14.8. The second-order valence-corrected chi connectivity index (χ2v) is 6.41. The SMILES string of the molecule is O=C(CCN1CCN(C(=O)OCc2ccccc2)CC1)c1ccccc1. The first-order chi connectivity index (χ1) is 12.7. The van der Waals surface area contributed by atoms with E-state index in [1.54, 1.807) is 4.90 Å². The molecule has 0 atom stereocenters. The van der Waals surface area contributed by atoms with Gasteiger partial charge in [-0.3, -0.25) is 9.69 Å². The molecule has 5 heteroatoms. The number of benzene rings is 2. The van der Waals surface area contributed by atoms with E-state index in [0.717, 1.165) is 30.8 Å². The summed E-state index contributed by atoms with van der Waals surface area (Å²) in [7, 11) is 0. The van der Waals surface area contributed by atoms with Crippen LogP contribution in [0.25, 0.3) is 0 Å². The summed E-state index contributed by atoms with van der Waals surface area (Å²) in [5.74, 6) is 0.162. The van der Waals surface area contributed by atoms with Crippen molar-refractivity contribution in [3.63, 3.8) is 0 Å². The van der Waals surface area contributed by atoms with E-state index in [9.17, 15) is 9.59 Å². The van der Waals surface area contributed by atoms with Gasteiger partial charge in [0.1, 0.15) is 6.61 Å². The van der Waals surface area contributed by atoms with E-state index in [2.05, 4.69) is 4.90 Å². The number of piperazine rings is 1. The minimum Gasteiger partial charge on any atom is -0.445 e. The second-order valence-electron chi connectivity index (χ2n) is 6.41. The Morgan fingerprint density at radius 2 is 1.46 bits per heavy atom. The lowest BCUT2D eigenvalue weighted by Gasteiger charge is -2.33. The number of carbonyl (C=O) groups excluding carboxylic acids is 2. The molecule has 0 spiro atoms. The molecule has 0 aliphatic carbocycles. The predicted molar refractivity (Wildman–Crippen MR) is 100 cm³/mol. The molecule has 1 aliphatic rings. The number of rotatable bonds is 6. The van der Waals surface area contributed by atoms with Gasteiger partial charge in [-0.05, 0) is 5.56 Å². The molecule has 3 rings (SSSR count). The summed E-state index contributed by atoms with van der Waals surface area (Å²) >= 11 is 0. The molecular weight excluding hydrogens is 328 g/mol. The lowest BCUT2D eigenvalue weighted by Crippen LogP contribution is -2.49. The van der Waals surface area contributed by atoms with Crippen molar-refractivity contribution in [3.8, 4) is 0 Å². The lowest BCUT2D eigenvalue weighted by molar-refractivity contribution is 0.0696. The summed E-state index contributed by atoms with van der Waals surface area (Å²) < 4.78 is 5.37. The maximum Gasteiger partial charge on any atom is 0.410 e. The summed E-state index contributed by atoms with van der Waals surface area (Å²) in [6.07, 6.45) is 0.233. The number of Topliss-reactive ketones (excluding diaryl/α,β-unsaturated/α-hetero) is 1. The van der Waals surface area contributed by atoms with Gasteiger partial charge in [-0.15, -0.1) is 0 Å². The first-order valence-electron chi connectivity index (χ1n) is 8.98. The van der Waals surface area contributed by atoms with Gasteiger partial charge >= 0.3 is 6.09 Å². The van der Waals surface area contributed by atoms with Crippen molar-refractivity contribution in [2.45, 2.75) is 13.0 Å². The number of amides is 1. The highest BCUT2D eigenvalue weighted by Crippen LogP contribution is 2.09. The fraction of sp³-hybridized carbons (Fsp3) is 0.333. The summed E-state index contributed by atoms with van der Waals surface area (Å²) in [4.78, 5) is 28.3. The number of ketones is 1. The van der Waals surface area contributed by atoms with Crippen molar-refractivity contribution >= 4 is 11.9 Å². The fourth-order valence-corrected chi connectivity index (χ4v) is 2.99. The molecule has 0 aromatic heterocycles. The van der Waals surface area contributed by atoms with Crippen molar-refractivity contribution < 1.29 is 14.3 Å². The molecule has 5 nitrogen and oxygen atoms in total. The Labute approximate surface area is 154 Å². The first kappa shape index (κ1) is 18.1. The van der Waals surface area contributed by atoms with E-state index >= 15 is 0 Å².